The van der Waals surface area contributed by atoms with Crippen molar-refractivity contribution >= 4 is 34.7 Å². The quantitative estimate of drug-likeness (QED) is 0.473. The fourth-order valence-corrected chi connectivity index (χ4v) is 3.62. The molecule has 4 rings (SSSR count). The van der Waals surface area contributed by atoms with Crippen LogP contribution in [0.25, 0.3) is 0 Å². The number of pyridine rings is 1. The van der Waals surface area contributed by atoms with Crippen LogP contribution in [0.4, 0.5) is 11.5 Å². The Morgan fingerprint density at radius 2 is 1.88 bits per heavy atom. The molecule has 0 saturated carbocycles. The second kappa shape index (κ2) is 8.59. The Bertz CT molecular complexity index is 1140. The molecule has 2 aromatic carbocycles. The number of aromatic nitrogens is 1. The Hall–Kier alpha value is -3.45. The lowest BCUT2D eigenvalue weighted by Crippen LogP contribution is -2.34. The lowest BCUT2D eigenvalue weighted by molar-refractivity contribution is 0.0977. The molecule has 1 aromatic heterocycles. The number of carbonyl (C=O) groups excluding carboxylic acids is 1. The fraction of sp³-hybridized carbons (Fsp3) is 0.240. The van der Waals surface area contributed by atoms with E-state index in [4.69, 9.17) is 17.0 Å². The molecule has 6 nitrogen and oxygen atoms in total. The number of hydrogen-bond donors (Lipinski definition) is 3. The van der Waals surface area contributed by atoms with Crippen LogP contribution in [0.5, 0.6) is 5.75 Å². The predicted octanol–water partition coefficient (Wildman–Crippen LogP) is 5.32. The first-order valence-corrected chi connectivity index (χ1v) is 10.8. The largest absolute Gasteiger partial charge is 0.463 e. The summed E-state index contributed by atoms with van der Waals surface area (Å²) in [6.45, 7) is 8.39. The maximum Gasteiger partial charge on any atom is 0.257 e. The van der Waals surface area contributed by atoms with Gasteiger partial charge in [0.2, 0.25) is 0 Å². The van der Waals surface area contributed by atoms with Crippen molar-refractivity contribution in [3.8, 4) is 5.75 Å². The highest BCUT2D eigenvalue weighted by Crippen LogP contribution is 2.36. The van der Waals surface area contributed by atoms with E-state index in [9.17, 15) is 4.79 Å². The summed E-state index contributed by atoms with van der Waals surface area (Å²) in [4.78, 5) is 16.9. The van der Waals surface area contributed by atoms with E-state index >= 15 is 0 Å². The van der Waals surface area contributed by atoms with E-state index in [1.165, 1.54) is 5.56 Å². The first-order valence-electron chi connectivity index (χ1n) is 10.4. The van der Waals surface area contributed by atoms with E-state index in [0.717, 1.165) is 16.8 Å². The average Bonchev–Trinajstić information content (AvgIpc) is 3.19. The number of carbonyl (C=O) groups is 1. The third-order valence-corrected chi connectivity index (χ3v) is 5.54. The molecule has 3 N–H and O–H groups in total. The van der Waals surface area contributed by atoms with Crippen LogP contribution in [0.3, 0.4) is 0 Å². The van der Waals surface area contributed by atoms with Crippen molar-refractivity contribution in [2.45, 2.75) is 39.3 Å². The monoisotopic (exact) mass is 446 g/mol. The molecule has 1 amide bonds. The molecule has 1 unspecified atom stereocenters. The van der Waals surface area contributed by atoms with Gasteiger partial charge in [0.1, 0.15) is 0 Å². The minimum Gasteiger partial charge on any atom is -0.463 e. The zero-order chi connectivity index (χ0) is 22.9. The summed E-state index contributed by atoms with van der Waals surface area (Å²) in [5.74, 6) is 1.18. The molecule has 1 atom stereocenters. The van der Waals surface area contributed by atoms with Crippen molar-refractivity contribution in [3.63, 3.8) is 0 Å². The van der Waals surface area contributed by atoms with Crippen LogP contribution in [-0.2, 0) is 5.41 Å². The molecular weight excluding hydrogens is 420 g/mol. The molecule has 164 valence electrons. The summed E-state index contributed by atoms with van der Waals surface area (Å²) in [5.41, 5.74) is 4.47. The Labute approximate surface area is 193 Å². The maximum atomic E-state index is 12.6. The second-order valence-corrected chi connectivity index (χ2v) is 9.21. The smallest absolute Gasteiger partial charge is 0.257 e. The molecule has 0 radical (unpaired) electrons. The van der Waals surface area contributed by atoms with E-state index < -0.39 is 0 Å². The third kappa shape index (κ3) is 4.73. The topological polar surface area (TPSA) is 75.3 Å². The van der Waals surface area contributed by atoms with Gasteiger partial charge in [-0.1, -0.05) is 45.0 Å². The van der Waals surface area contributed by atoms with Gasteiger partial charge in [-0.25, -0.2) is 4.98 Å². The van der Waals surface area contributed by atoms with Gasteiger partial charge in [-0.2, -0.15) is 0 Å². The van der Waals surface area contributed by atoms with Gasteiger partial charge in [0.15, 0.2) is 22.9 Å². The number of fused-ring (bicyclic) bond motifs is 1. The molecule has 2 heterocycles. The number of nitrogens with zero attached hydrogens (tertiary/aromatic N) is 1. The van der Waals surface area contributed by atoms with Crippen molar-refractivity contribution in [2.75, 3.05) is 10.6 Å². The van der Waals surface area contributed by atoms with Gasteiger partial charge in [-0.15, -0.1) is 0 Å². The van der Waals surface area contributed by atoms with E-state index in [1.807, 2.05) is 61.5 Å². The zero-order valence-corrected chi connectivity index (χ0v) is 19.3. The van der Waals surface area contributed by atoms with Crippen molar-refractivity contribution in [2.24, 2.45) is 0 Å². The predicted molar refractivity (Wildman–Crippen MR) is 131 cm³/mol. The first kappa shape index (κ1) is 21.8. The Morgan fingerprint density at radius 3 is 2.56 bits per heavy atom. The van der Waals surface area contributed by atoms with Crippen LogP contribution in [0, 0.1) is 6.92 Å². The number of hydrogen-bond acceptors (Lipinski definition) is 5. The van der Waals surface area contributed by atoms with E-state index in [2.05, 4.69) is 41.7 Å². The highest BCUT2D eigenvalue weighted by molar-refractivity contribution is 7.80. The van der Waals surface area contributed by atoms with Gasteiger partial charge in [0, 0.05) is 23.0 Å². The highest BCUT2D eigenvalue weighted by Gasteiger charge is 2.24. The van der Waals surface area contributed by atoms with Crippen LogP contribution >= 0.6 is 12.2 Å². The molecule has 0 aliphatic carbocycles. The normalized spacial score (nSPS) is 14.7. The van der Waals surface area contributed by atoms with E-state index in [1.54, 1.807) is 6.20 Å². The molecule has 1 aliphatic rings. The van der Waals surface area contributed by atoms with Crippen molar-refractivity contribution in [1.82, 2.24) is 10.3 Å². The molecule has 7 heteroatoms. The van der Waals surface area contributed by atoms with Gasteiger partial charge < -0.3 is 15.4 Å². The fourth-order valence-electron chi connectivity index (χ4n) is 3.41. The summed E-state index contributed by atoms with van der Waals surface area (Å²) in [5, 5.41) is 9.38. The lowest BCUT2D eigenvalue weighted by Gasteiger charge is -2.19. The Balaban J connectivity index is 1.42. The highest BCUT2D eigenvalue weighted by atomic mass is 32.1. The Kier molecular flexibility index (Phi) is 5.84. The first-order chi connectivity index (χ1) is 15.2. The molecule has 32 heavy (non-hydrogen) atoms. The van der Waals surface area contributed by atoms with Crippen LogP contribution in [0.2, 0.25) is 0 Å². The molecular formula is C25H26N4O2S. The maximum absolute atomic E-state index is 12.6. The molecule has 0 saturated heterocycles. The van der Waals surface area contributed by atoms with Gasteiger partial charge >= 0.3 is 0 Å². The van der Waals surface area contributed by atoms with Crippen molar-refractivity contribution in [3.05, 3.63) is 83.0 Å². The van der Waals surface area contributed by atoms with Gasteiger partial charge in [-0.3, -0.25) is 10.1 Å². The molecule has 3 aromatic rings. The number of nitrogens with one attached hydrogen (secondary N) is 3. The molecule has 1 aliphatic heterocycles. The number of thiocarbonyl (C=S) groups is 1. The van der Waals surface area contributed by atoms with Gasteiger partial charge in [0.25, 0.3) is 5.91 Å². The molecule has 0 bridgehead atoms. The number of rotatable bonds is 3. The summed E-state index contributed by atoms with van der Waals surface area (Å²) in [7, 11) is 0. The SMILES string of the molecule is Cc1ccc(C2Nc3ncccc3O2)cc1NC(=S)NC(=O)c1ccc(C(C)(C)C)cc1. The third-order valence-electron chi connectivity index (χ3n) is 5.34. The lowest BCUT2D eigenvalue weighted by atomic mass is 9.87. The van der Waals surface area contributed by atoms with Crippen LogP contribution in [0.15, 0.2) is 60.8 Å². The zero-order valence-electron chi connectivity index (χ0n) is 18.5. The number of aryl methyl sites for hydroxylation is 1. The van der Waals surface area contributed by atoms with Crippen LogP contribution in [0.1, 0.15) is 54.0 Å². The number of ether oxygens (including phenoxy) is 1. The summed E-state index contributed by atoms with van der Waals surface area (Å²) in [6.07, 6.45) is 1.38. The molecule has 0 fully saturated rings. The number of amides is 1. The molecule has 0 spiro atoms. The summed E-state index contributed by atoms with van der Waals surface area (Å²) < 4.78 is 5.94. The minimum atomic E-state index is -0.342. The number of benzene rings is 2. The van der Waals surface area contributed by atoms with Crippen LogP contribution < -0.4 is 20.7 Å². The Morgan fingerprint density at radius 1 is 1.12 bits per heavy atom. The standard InChI is InChI=1S/C25H26N4O2S/c1-15-7-8-17(23-28-21-20(31-23)6-5-13-26-21)14-19(15)27-24(32)29-22(30)16-9-11-18(12-10-16)25(2,3)4/h5-14,23H,1-4H3,(H,26,28)(H2,27,29,30,32). The van der Waals surface area contributed by atoms with Crippen LogP contribution in [-0.4, -0.2) is 16.0 Å². The van der Waals surface area contributed by atoms with E-state index in [-0.39, 0.29) is 22.7 Å². The average molecular weight is 447 g/mol. The van der Waals surface area contributed by atoms with Crippen molar-refractivity contribution in [1.29, 1.82) is 0 Å². The summed E-state index contributed by atoms with van der Waals surface area (Å²) in [6, 6.07) is 17.2. The van der Waals surface area contributed by atoms with E-state index in [0.29, 0.717) is 17.1 Å². The minimum absolute atomic E-state index is 0.0315. The van der Waals surface area contributed by atoms with Crippen molar-refractivity contribution < 1.29 is 9.53 Å². The van der Waals surface area contributed by atoms with Gasteiger partial charge in [-0.05, 0) is 66.0 Å². The number of anilines is 2. The second-order valence-electron chi connectivity index (χ2n) is 8.80. The van der Waals surface area contributed by atoms with Gasteiger partial charge in [0.05, 0.1) is 0 Å². The summed E-state index contributed by atoms with van der Waals surface area (Å²) >= 11 is 5.39.